The van der Waals surface area contributed by atoms with Crippen molar-refractivity contribution in [2.75, 3.05) is 44.2 Å². The first-order valence-electron chi connectivity index (χ1n) is 7.36. The van der Waals surface area contributed by atoms with Crippen molar-refractivity contribution < 1.29 is 5.11 Å². The van der Waals surface area contributed by atoms with Crippen LogP contribution in [0.15, 0.2) is 18.2 Å². The van der Waals surface area contributed by atoms with Gasteiger partial charge in [-0.15, -0.1) is 0 Å². The van der Waals surface area contributed by atoms with Gasteiger partial charge in [0, 0.05) is 44.0 Å². The zero-order valence-corrected chi connectivity index (χ0v) is 12.9. The van der Waals surface area contributed by atoms with Gasteiger partial charge in [0.2, 0.25) is 0 Å². The van der Waals surface area contributed by atoms with Crippen LogP contribution in [-0.2, 0) is 0 Å². The summed E-state index contributed by atoms with van der Waals surface area (Å²) in [5.41, 5.74) is 9.60. The number of piperazine rings is 1. The Labute approximate surface area is 122 Å². The van der Waals surface area contributed by atoms with Gasteiger partial charge in [-0.1, -0.05) is 12.1 Å². The molecule has 0 aromatic heterocycles. The van der Waals surface area contributed by atoms with E-state index in [0.29, 0.717) is 0 Å². The highest BCUT2D eigenvalue weighted by Crippen LogP contribution is 2.24. The smallest absolute Gasteiger partial charge is 0.0621 e. The molecule has 1 atom stereocenters. The summed E-state index contributed by atoms with van der Waals surface area (Å²) in [6.07, 6.45) is 0. The van der Waals surface area contributed by atoms with Gasteiger partial charge < -0.3 is 15.7 Å². The van der Waals surface area contributed by atoms with Crippen molar-refractivity contribution in [2.24, 2.45) is 5.73 Å². The summed E-state index contributed by atoms with van der Waals surface area (Å²) < 4.78 is 0. The molecule has 1 aliphatic rings. The molecule has 0 radical (unpaired) electrons. The lowest BCUT2D eigenvalue weighted by atomic mass is 10.0. The molecule has 0 amide bonds. The molecule has 0 spiro atoms. The third-order valence-corrected chi connectivity index (χ3v) is 4.24. The van der Waals surface area contributed by atoms with Crippen LogP contribution >= 0.6 is 0 Å². The Morgan fingerprint density at radius 1 is 1.20 bits per heavy atom. The number of anilines is 1. The maximum Gasteiger partial charge on any atom is 0.0621 e. The molecule has 1 heterocycles. The van der Waals surface area contributed by atoms with Crippen molar-refractivity contribution in [2.45, 2.75) is 26.3 Å². The fourth-order valence-corrected chi connectivity index (χ4v) is 2.79. The monoisotopic (exact) mass is 277 g/mol. The van der Waals surface area contributed by atoms with E-state index in [9.17, 15) is 5.11 Å². The van der Waals surface area contributed by atoms with E-state index in [1.165, 1.54) is 16.8 Å². The maximum absolute atomic E-state index is 9.26. The average Bonchev–Trinajstić information content (AvgIpc) is 2.43. The lowest BCUT2D eigenvalue weighted by Crippen LogP contribution is -2.55. The molecule has 3 N–H and O–H groups in total. The van der Waals surface area contributed by atoms with Gasteiger partial charge in [0.25, 0.3) is 0 Å². The van der Waals surface area contributed by atoms with Crippen molar-refractivity contribution in [1.29, 1.82) is 0 Å². The first-order chi connectivity index (χ1) is 9.43. The quantitative estimate of drug-likeness (QED) is 0.866. The van der Waals surface area contributed by atoms with Crippen LogP contribution in [0.5, 0.6) is 0 Å². The Hall–Kier alpha value is -1.10. The highest BCUT2D eigenvalue weighted by molar-refractivity contribution is 5.56. The van der Waals surface area contributed by atoms with Crippen molar-refractivity contribution in [3.63, 3.8) is 0 Å². The van der Waals surface area contributed by atoms with E-state index < -0.39 is 5.54 Å². The summed E-state index contributed by atoms with van der Waals surface area (Å²) in [5, 5.41) is 9.26. The summed E-state index contributed by atoms with van der Waals surface area (Å²) in [6.45, 7) is 11.1. The molecule has 1 saturated heterocycles. The molecule has 1 unspecified atom stereocenters. The Morgan fingerprint density at radius 3 is 2.45 bits per heavy atom. The standard InChI is InChI=1S/C16H27N3O/c1-13-5-4-6-15(14(13)2)19-9-7-18(8-10-19)11-16(3,17)12-20/h4-6,20H,7-12,17H2,1-3H3. The third kappa shape index (κ3) is 3.51. The maximum atomic E-state index is 9.26. The summed E-state index contributed by atoms with van der Waals surface area (Å²) in [4.78, 5) is 4.80. The molecule has 0 aliphatic carbocycles. The number of nitrogens with two attached hydrogens (primary N) is 1. The van der Waals surface area contributed by atoms with Gasteiger partial charge in [-0.2, -0.15) is 0 Å². The Kier molecular flexibility index (Phi) is 4.68. The van der Waals surface area contributed by atoms with E-state index in [1.807, 2.05) is 6.92 Å². The zero-order valence-electron chi connectivity index (χ0n) is 12.9. The van der Waals surface area contributed by atoms with Gasteiger partial charge in [-0.05, 0) is 38.0 Å². The highest BCUT2D eigenvalue weighted by Gasteiger charge is 2.25. The predicted molar refractivity (Wildman–Crippen MR) is 84.2 cm³/mol. The minimum atomic E-state index is -0.499. The van der Waals surface area contributed by atoms with Crippen LogP contribution in [0, 0.1) is 13.8 Å². The number of hydrogen-bond acceptors (Lipinski definition) is 4. The van der Waals surface area contributed by atoms with Crippen LogP contribution < -0.4 is 10.6 Å². The lowest BCUT2D eigenvalue weighted by molar-refractivity contribution is 0.143. The molecule has 0 saturated carbocycles. The second-order valence-electron chi connectivity index (χ2n) is 6.29. The van der Waals surface area contributed by atoms with Gasteiger partial charge in [0.1, 0.15) is 0 Å². The van der Waals surface area contributed by atoms with Crippen LogP contribution in [0.2, 0.25) is 0 Å². The fraction of sp³-hybridized carbons (Fsp3) is 0.625. The molecular weight excluding hydrogens is 250 g/mol. The summed E-state index contributed by atoms with van der Waals surface area (Å²) in [5.74, 6) is 0. The summed E-state index contributed by atoms with van der Waals surface area (Å²) in [7, 11) is 0. The van der Waals surface area contributed by atoms with Gasteiger partial charge in [0.15, 0.2) is 0 Å². The fourth-order valence-electron chi connectivity index (χ4n) is 2.79. The zero-order chi connectivity index (χ0) is 14.8. The van der Waals surface area contributed by atoms with Crippen LogP contribution in [0.3, 0.4) is 0 Å². The van der Waals surface area contributed by atoms with Gasteiger partial charge in [0.05, 0.1) is 6.61 Å². The SMILES string of the molecule is Cc1cccc(N2CCN(CC(C)(N)CO)CC2)c1C. The van der Waals surface area contributed by atoms with E-state index in [0.717, 1.165) is 32.7 Å². The number of nitrogens with zero attached hydrogens (tertiary/aromatic N) is 2. The molecule has 1 aliphatic heterocycles. The molecule has 0 bridgehead atoms. The highest BCUT2D eigenvalue weighted by atomic mass is 16.3. The number of aryl methyl sites for hydroxylation is 1. The van der Waals surface area contributed by atoms with Crippen molar-refractivity contribution in [3.8, 4) is 0 Å². The Balaban J connectivity index is 1.96. The number of rotatable bonds is 4. The van der Waals surface area contributed by atoms with Crippen LogP contribution in [-0.4, -0.2) is 54.9 Å². The van der Waals surface area contributed by atoms with Crippen LogP contribution in [0.25, 0.3) is 0 Å². The first-order valence-corrected chi connectivity index (χ1v) is 7.36. The number of aliphatic hydroxyl groups is 1. The van der Waals surface area contributed by atoms with E-state index in [1.54, 1.807) is 0 Å². The Bertz CT molecular complexity index is 451. The van der Waals surface area contributed by atoms with Crippen molar-refractivity contribution >= 4 is 5.69 Å². The minimum absolute atomic E-state index is 0.0319. The molecule has 1 aromatic rings. The average molecular weight is 277 g/mol. The van der Waals surface area contributed by atoms with E-state index >= 15 is 0 Å². The summed E-state index contributed by atoms with van der Waals surface area (Å²) in [6, 6.07) is 6.50. The van der Waals surface area contributed by atoms with Crippen molar-refractivity contribution in [1.82, 2.24) is 4.90 Å². The molecule has 1 fully saturated rings. The molecule has 1 aromatic carbocycles. The molecule has 112 valence electrons. The second-order valence-corrected chi connectivity index (χ2v) is 6.29. The number of benzene rings is 1. The van der Waals surface area contributed by atoms with E-state index in [-0.39, 0.29) is 6.61 Å². The molecule has 4 heteroatoms. The Morgan fingerprint density at radius 2 is 1.85 bits per heavy atom. The second kappa shape index (κ2) is 6.12. The molecular formula is C16H27N3O. The van der Waals surface area contributed by atoms with Gasteiger partial charge in [-0.25, -0.2) is 0 Å². The number of aliphatic hydroxyl groups excluding tert-OH is 1. The topological polar surface area (TPSA) is 52.7 Å². The molecule has 4 nitrogen and oxygen atoms in total. The molecule has 20 heavy (non-hydrogen) atoms. The number of hydrogen-bond donors (Lipinski definition) is 2. The van der Waals surface area contributed by atoms with E-state index in [2.05, 4.69) is 41.8 Å². The van der Waals surface area contributed by atoms with Crippen LogP contribution in [0.1, 0.15) is 18.1 Å². The largest absolute Gasteiger partial charge is 0.394 e. The molecule has 2 rings (SSSR count). The third-order valence-electron chi connectivity index (χ3n) is 4.24. The predicted octanol–water partition coefficient (Wildman–Crippen LogP) is 1.14. The van der Waals surface area contributed by atoms with Gasteiger partial charge >= 0.3 is 0 Å². The first kappa shape index (κ1) is 15.3. The normalized spacial score (nSPS) is 19.9. The summed E-state index contributed by atoms with van der Waals surface area (Å²) >= 11 is 0. The van der Waals surface area contributed by atoms with Gasteiger partial charge in [-0.3, -0.25) is 4.90 Å². The minimum Gasteiger partial charge on any atom is -0.394 e. The van der Waals surface area contributed by atoms with E-state index in [4.69, 9.17) is 5.73 Å². The lowest BCUT2D eigenvalue weighted by Gasteiger charge is -2.39. The van der Waals surface area contributed by atoms with Crippen LogP contribution in [0.4, 0.5) is 5.69 Å². The van der Waals surface area contributed by atoms with Crippen molar-refractivity contribution in [3.05, 3.63) is 29.3 Å².